The summed E-state index contributed by atoms with van der Waals surface area (Å²) >= 11 is 3.60. The van der Waals surface area contributed by atoms with Crippen LogP contribution in [-0.4, -0.2) is 12.0 Å². The molecule has 0 bridgehead atoms. The Balaban J connectivity index is 2.26. The van der Waals surface area contributed by atoms with Crippen LogP contribution in [0, 0.1) is 6.92 Å². The van der Waals surface area contributed by atoms with Crippen molar-refractivity contribution in [3.8, 4) is 0 Å². The smallest absolute Gasteiger partial charge is 0.0362 e. The van der Waals surface area contributed by atoms with Crippen molar-refractivity contribution in [2.45, 2.75) is 19.4 Å². The molecule has 0 spiro atoms. The Morgan fingerprint density at radius 3 is 2.72 bits per heavy atom. The topological polar surface area (TPSA) is 24.9 Å². The molecule has 18 heavy (non-hydrogen) atoms. The Labute approximate surface area is 117 Å². The van der Waals surface area contributed by atoms with Crippen LogP contribution in [0.5, 0.6) is 0 Å². The molecule has 1 N–H and O–H groups in total. The first-order valence-electron chi connectivity index (χ1n) is 6.03. The van der Waals surface area contributed by atoms with Crippen molar-refractivity contribution < 1.29 is 0 Å². The van der Waals surface area contributed by atoms with E-state index in [4.69, 9.17) is 0 Å². The largest absolute Gasteiger partial charge is 0.313 e. The van der Waals surface area contributed by atoms with Gasteiger partial charge in [-0.3, -0.25) is 4.98 Å². The van der Waals surface area contributed by atoms with Crippen LogP contribution < -0.4 is 5.32 Å². The molecule has 0 aliphatic heterocycles. The summed E-state index contributed by atoms with van der Waals surface area (Å²) in [6.45, 7) is 2.10. The number of pyridine rings is 1. The molecule has 2 nitrogen and oxygen atoms in total. The van der Waals surface area contributed by atoms with Crippen LogP contribution in [0.1, 0.15) is 22.7 Å². The number of likely N-dealkylation sites (N-methyl/N-ethyl adjacent to an activating group) is 1. The molecule has 3 heteroatoms. The number of nitrogens with one attached hydrogen (secondary N) is 1. The molecule has 0 amide bonds. The summed E-state index contributed by atoms with van der Waals surface area (Å²) in [5.74, 6) is 0. The monoisotopic (exact) mass is 304 g/mol. The summed E-state index contributed by atoms with van der Waals surface area (Å²) in [6, 6.07) is 10.8. The van der Waals surface area contributed by atoms with E-state index >= 15 is 0 Å². The maximum atomic E-state index is 4.15. The predicted octanol–water partition coefficient (Wildman–Crippen LogP) is 3.66. The van der Waals surface area contributed by atoms with Crippen LogP contribution in [0.15, 0.2) is 47.2 Å². The molecule has 2 aromatic rings. The molecule has 0 aliphatic carbocycles. The SMILES string of the molecule is CNC(Cc1ccccc1Br)c1ccncc1C. The van der Waals surface area contributed by atoms with E-state index < -0.39 is 0 Å². The number of nitrogens with zero attached hydrogens (tertiary/aromatic N) is 1. The third kappa shape index (κ3) is 2.98. The van der Waals surface area contributed by atoms with E-state index in [0.717, 1.165) is 10.9 Å². The standard InChI is InChI=1S/C15H17BrN2/c1-11-10-18-8-7-13(11)15(17-2)9-12-5-3-4-6-14(12)16/h3-8,10,15,17H,9H2,1-2H3. The fourth-order valence-electron chi connectivity index (χ4n) is 2.13. The molecule has 0 saturated heterocycles. The van der Waals surface area contributed by atoms with Crippen LogP contribution in [-0.2, 0) is 6.42 Å². The van der Waals surface area contributed by atoms with E-state index in [9.17, 15) is 0 Å². The second-order valence-corrected chi connectivity index (χ2v) is 5.22. The van der Waals surface area contributed by atoms with Gasteiger partial charge in [0.05, 0.1) is 0 Å². The highest BCUT2D eigenvalue weighted by atomic mass is 79.9. The number of aromatic nitrogens is 1. The highest BCUT2D eigenvalue weighted by molar-refractivity contribution is 9.10. The summed E-state index contributed by atoms with van der Waals surface area (Å²) in [5, 5.41) is 3.39. The Kier molecular flexibility index (Phi) is 4.50. The Morgan fingerprint density at radius 2 is 2.06 bits per heavy atom. The van der Waals surface area contributed by atoms with Crippen molar-refractivity contribution in [2.75, 3.05) is 7.05 Å². The van der Waals surface area contributed by atoms with Gasteiger partial charge in [0.15, 0.2) is 0 Å². The van der Waals surface area contributed by atoms with E-state index in [1.165, 1.54) is 16.7 Å². The summed E-state index contributed by atoms with van der Waals surface area (Å²) in [7, 11) is 2.00. The van der Waals surface area contributed by atoms with Crippen LogP contribution >= 0.6 is 15.9 Å². The van der Waals surface area contributed by atoms with Gasteiger partial charge in [-0.25, -0.2) is 0 Å². The Hall–Kier alpha value is -1.19. The lowest BCUT2D eigenvalue weighted by Crippen LogP contribution is -2.20. The van der Waals surface area contributed by atoms with Crippen molar-refractivity contribution in [1.82, 2.24) is 10.3 Å². The van der Waals surface area contributed by atoms with Gasteiger partial charge in [0, 0.05) is 22.9 Å². The molecule has 0 saturated carbocycles. The number of hydrogen-bond acceptors (Lipinski definition) is 2. The lowest BCUT2D eigenvalue weighted by atomic mass is 9.97. The number of rotatable bonds is 4. The number of benzene rings is 1. The molecule has 1 heterocycles. The lowest BCUT2D eigenvalue weighted by Gasteiger charge is -2.19. The van der Waals surface area contributed by atoms with Crippen molar-refractivity contribution in [1.29, 1.82) is 0 Å². The zero-order valence-electron chi connectivity index (χ0n) is 10.7. The van der Waals surface area contributed by atoms with Crippen LogP contribution in [0.4, 0.5) is 0 Å². The van der Waals surface area contributed by atoms with E-state index in [1.807, 2.05) is 25.5 Å². The van der Waals surface area contributed by atoms with Gasteiger partial charge in [0.2, 0.25) is 0 Å². The predicted molar refractivity (Wildman–Crippen MR) is 78.6 cm³/mol. The number of hydrogen-bond donors (Lipinski definition) is 1. The molecule has 1 unspecified atom stereocenters. The Morgan fingerprint density at radius 1 is 1.28 bits per heavy atom. The highest BCUT2D eigenvalue weighted by Crippen LogP contribution is 2.24. The van der Waals surface area contributed by atoms with Crippen LogP contribution in [0.3, 0.4) is 0 Å². The first-order chi connectivity index (χ1) is 8.72. The van der Waals surface area contributed by atoms with Crippen LogP contribution in [0.2, 0.25) is 0 Å². The minimum Gasteiger partial charge on any atom is -0.313 e. The van der Waals surface area contributed by atoms with Crippen molar-refractivity contribution >= 4 is 15.9 Å². The minimum absolute atomic E-state index is 0.312. The summed E-state index contributed by atoms with van der Waals surface area (Å²) in [4.78, 5) is 4.15. The van der Waals surface area contributed by atoms with Crippen LogP contribution in [0.25, 0.3) is 0 Å². The maximum Gasteiger partial charge on any atom is 0.0362 e. The molecule has 2 rings (SSSR count). The quantitative estimate of drug-likeness (QED) is 0.932. The molecular weight excluding hydrogens is 288 g/mol. The zero-order valence-corrected chi connectivity index (χ0v) is 12.2. The van der Waals surface area contributed by atoms with E-state index in [0.29, 0.717) is 6.04 Å². The zero-order chi connectivity index (χ0) is 13.0. The molecule has 0 radical (unpaired) electrons. The minimum atomic E-state index is 0.312. The van der Waals surface area contributed by atoms with Gasteiger partial charge in [-0.05, 0) is 49.2 Å². The average molecular weight is 305 g/mol. The normalized spacial score (nSPS) is 12.4. The molecule has 0 aliphatic rings. The molecule has 1 atom stereocenters. The van der Waals surface area contributed by atoms with Gasteiger partial charge in [0.25, 0.3) is 0 Å². The fraction of sp³-hybridized carbons (Fsp3) is 0.267. The highest BCUT2D eigenvalue weighted by Gasteiger charge is 2.13. The van der Waals surface area contributed by atoms with Gasteiger partial charge in [-0.2, -0.15) is 0 Å². The lowest BCUT2D eigenvalue weighted by molar-refractivity contribution is 0.587. The maximum absolute atomic E-state index is 4.15. The van der Waals surface area contributed by atoms with Gasteiger partial charge in [-0.15, -0.1) is 0 Å². The molecular formula is C15H17BrN2. The van der Waals surface area contributed by atoms with Gasteiger partial charge in [-0.1, -0.05) is 34.1 Å². The van der Waals surface area contributed by atoms with Gasteiger partial charge >= 0.3 is 0 Å². The molecule has 0 fully saturated rings. The van der Waals surface area contributed by atoms with Crippen molar-refractivity contribution in [2.24, 2.45) is 0 Å². The average Bonchev–Trinajstić information content (AvgIpc) is 2.39. The molecule has 1 aromatic carbocycles. The first-order valence-corrected chi connectivity index (χ1v) is 6.83. The summed E-state index contributed by atoms with van der Waals surface area (Å²) in [6.07, 6.45) is 4.73. The summed E-state index contributed by atoms with van der Waals surface area (Å²) < 4.78 is 1.16. The van der Waals surface area contributed by atoms with E-state index in [-0.39, 0.29) is 0 Å². The second-order valence-electron chi connectivity index (χ2n) is 4.37. The first kappa shape index (κ1) is 13.2. The number of halogens is 1. The fourth-order valence-corrected chi connectivity index (χ4v) is 2.57. The number of aryl methyl sites for hydroxylation is 1. The summed E-state index contributed by atoms with van der Waals surface area (Å²) in [5.41, 5.74) is 3.85. The van der Waals surface area contributed by atoms with Gasteiger partial charge in [0.1, 0.15) is 0 Å². The van der Waals surface area contributed by atoms with Crippen molar-refractivity contribution in [3.05, 3.63) is 63.9 Å². The molecule has 1 aromatic heterocycles. The second kappa shape index (κ2) is 6.12. The third-order valence-electron chi connectivity index (χ3n) is 3.17. The van der Waals surface area contributed by atoms with Gasteiger partial charge < -0.3 is 5.32 Å². The van der Waals surface area contributed by atoms with Crippen molar-refractivity contribution in [3.63, 3.8) is 0 Å². The molecule has 94 valence electrons. The third-order valence-corrected chi connectivity index (χ3v) is 3.94. The van der Waals surface area contributed by atoms with E-state index in [2.05, 4.69) is 57.4 Å². The Bertz CT molecular complexity index is 525. The van der Waals surface area contributed by atoms with E-state index in [1.54, 1.807) is 0 Å².